The number of nitrogens with zero attached hydrogens (tertiary/aromatic N) is 2. The maximum absolute atomic E-state index is 11.6. The van der Waals surface area contributed by atoms with E-state index in [4.69, 9.17) is 4.74 Å². The van der Waals surface area contributed by atoms with Crippen LogP contribution in [0.5, 0.6) is 5.88 Å². The van der Waals surface area contributed by atoms with Gasteiger partial charge in [-0.05, 0) is 13.3 Å². The largest absolute Gasteiger partial charge is 0.492 e. The fourth-order valence-corrected chi connectivity index (χ4v) is 2.55. The number of aromatic hydroxyl groups is 1. The Balaban J connectivity index is 2.56. The van der Waals surface area contributed by atoms with Crippen molar-refractivity contribution in [3.8, 4) is 5.88 Å². The molecule has 0 aliphatic carbocycles. The van der Waals surface area contributed by atoms with Crippen LogP contribution in [0.2, 0.25) is 0 Å². The summed E-state index contributed by atoms with van der Waals surface area (Å²) < 4.78 is 6.46. The molecule has 5 nitrogen and oxygen atoms in total. The highest BCUT2D eigenvalue weighted by molar-refractivity contribution is 7.16. The number of fused-ring (bicyclic) bond motifs is 1. The minimum Gasteiger partial charge on any atom is -0.492 e. The molecule has 0 amide bonds. The Labute approximate surface area is 96.3 Å². The van der Waals surface area contributed by atoms with Gasteiger partial charge >= 0.3 is 5.97 Å². The molecule has 0 atom stereocenters. The normalized spacial score (nSPS) is 10.9. The average Bonchev–Trinajstić information content (AvgIpc) is 2.75. The number of ether oxygens (including phenoxy) is 1. The van der Waals surface area contributed by atoms with Crippen molar-refractivity contribution in [1.29, 1.82) is 0 Å². The van der Waals surface area contributed by atoms with Gasteiger partial charge in [0.2, 0.25) is 5.88 Å². The number of esters is 1. The highest BCUT2D eigenvalue weighted by Crippen LogP contribution is 2.28. The summed E-state index contributed by atoms with van der Waals surface area (Å²) in [6, 6.07) is 0. The van der Waals surface area contributed by atoms with Gasteiger partial charge in [-0.25, -0.2) is 9.31 Å². The van der Waals surface area contributed by atoms with Gasteiger partial charge in [-0.2, -0.15) is 0 Å². The minimum atomic E-state index is -0.528. The third kappa shape index (κ3) is 1.55. The molecule has 2 aromatic rings. The lowest BCUT2D eigenvalue weighted by Gasteiger charge is -1.97. The fourth-order valence-electron chi connectivity index (χ4n) is 1.48. The monoisotopic (exact) mass is 240 g/mol. The molecular formula is C10H12N2O3S. The Morgan fingerprint density at radius 1 is 1.62 bits per heavy atom. The van der Waals surface area contributed by atoms with Crippen LogP contribution < -0.4 is 0 Å². The maximum atomic E-state index is 11.6. The number of aromatic nitrogens is 2. The molecule has 16 heavy (non-hydrogen) atoms. The molecule has 1 N–H and O–H groups in total. The first-order valence-corrected chi connectivity index (χ1v) is 5.92. The van der Waals surface area contributed by atoms with Gasteiger partial charge in [-0.15, -0.1) is 16.4 Å². The molecule has 0 aromatic carbocycles. The second kappa shape index (κ2) is 4.13. The van der Waals surface area contributed by atoms with E-state index < -0.39 is 5.97 Å². The molecule has 2 rings (SSSR count). The Morgan fingerprint density at radius 2 is 2.38 bits per heavy atom. The molecule has 2 heterocycles. The van der Waals surface area contributed by atoms with Crippen LogP contribution in [0.1, 0.15) is 29.9 Å². The molecule has 0 fully saturated rings. The summed E-state index contributed by atoms with van der Waals surface area (Å²) in [5, 5.41) is 15.5. The van der Waals surface area contributed by atoms with E-state index in [1.807, 2.05) is 12.3 Å². The summed E-state index contributed by atoms with van der Waals surface area (Å²) in [6.45, 7) is 3.99. The molecular weight excluding hydrogens is 228 g/mol. The van der Waals surface area contributed by atoms with Crippen LogP contribution in [-0.4, -0.2) is 27.3 Å². The topological polar surface area (TPSA) is 63.8 Å². The van der Waals surface area contributed by atoms with E-state index in [9.17, 15) is 9.90 Å². The standard InChI is InChI=1S/C10H12N2O3S/c1-3-6-5-16-9-7(10(14)15-4-2)8(13)11-12(6)9/h5H,3-4H2,1-2H3,(H,11,13). The van der Waals surface area contributed by atoms with Crippen LogP contribution >= 0.6 is 11.3 Å². The third-order valence-corrected chi connectivity index (χ3v) is 3.24. The van der Waals surface area contributed by atoms with E-state index in [0.717, 1.165) is 12.1 Å². The molecule has 0 saturated heterocycles. The van der Waals surface area contributed by atoms with Gasteiger partial charge in [-0.1, -0.05) is 6.92 Å². The SMILES string of the molecule is CCOC(=O)c1c(O)nn2c(CC)csc12. The molecule has 0 saturated carbocycles. The molecule has 86 valence electrons. The Morgan fingerprint density at radius 3 is 3.00 bits per heavy atom. The molecule has 0 aliphatic rings. The maximum Gasteiger partial charge on any atom is 0.346 e. The van der Waals surface area contributed by atoms with E-state index in [2.05, 4.69) is 5.10 Å². The van der Waals surface area contributed by atoms with Crippen molar-refractivity contribution in [2.75, 3.05) is 6.61 Å². The molecule has 6 heteroatoms. The van der Waals surface area contributed by atoms with Crippen molar-refractivity contribution in [2.45, 2.75) is 20.3 Å². The van der Waals surface area contributed by atoms with E-state index in [0.29, 0.717) is 4.83 Å². The Hall–Kier alpha value is -1.56. The third-order valence-electron chi connectivity index (χ3n) is 2.25. The number of thiazole rings is 1. The van der Waals surface area contributed by atoms with E-state index in [-0.39, 0.29) is 18.1 Å². The van der Waals surface area contributed by atoms with Gasteiger partial charge < -0.3 is 9.84 Å². The Kier molecular flexibility index (Phi) is 2.82. The molecule has 0 radical (unpaired) electrons. The smallest absolute Gasteiger partial charge is 0.346 e. The van der Waals surface area contributed by atoms with Crippen LogP contribution in [-0.2, 0) is 11.2 Å². The van der Waals surface area contributed by atoms with Crippen molar-refractivity contribution in [3.63, 3.8) is 0 Å². The van der Waals surface area contributed by atoms with Gasteiger partial charge in [0.25, 0.3) is 0 Å². The first kappa shape index (κ1) is 10.9. The lowest BCUT2D eigenvalue weighted by atomic mass is 10.3. The van der Waals surface area contributed by atoms with E-state index in [1.165, 1.54) is 11.3 Å². The number of hydrogen-bond donors (Lipinski definition) is 1. The first-order chi connectivity index (χ1) is 7.69. The lowest BCUT2D eigenvalue weighted by molar-refractivity contribution is 0.0525. The summed E-state index contributed by atoms with van der Waals surface area (Å²) >= 11 is 1.38. The number of hydrogen-bond acceptors (Lipinski definition) is 5. The zero-order chi connectivity index (χ0) is 11.7. The number of carbonyl (C=O) groups is 1. The van der Waals surface area contributed by atoms with Crippen molar-refractivity contribution in [2.24, 2.45) is 0 Å². The van der Waals surface area contributed by atoms with Gasteiger partial charge in [-0.3, -0.25) is 0 Å². The number of rotatable bonds is 3. The van der Waals surface area contributed by atoms with Crippen LogP contribution in [0.25, 0.3) is 4.83 Å². The zero-order valence-electron chi connectivity index (χ0n) is 9.06. The van der Waals surface area contributed by atoms with Crippen LogP contribution in [0.4, 0.5) is 0 Å². The van der Waals surface area contributed by atoms with E-state index in [1.54, 1.807) is 11.4 Å². The minimum absolute atomic E-state index is 0.159. The summed E-state index contributed by atoms with van der Waals surface area (Å²) in [5.74, 6) is -0.792. The van der Waals surface area contributed by atoms with Crippen LogP contribution in [0.3, 0.4) is 0 Å². The molecule has 0 unspecified atom stereocenters. The summed E-state index contributed by atoms with van der Waals surface area (Å²) in [5.41, 5.74) is 1.12. The second-order valence-corrected chi connectivity index (χ2v) is 4.07. The van der Waals surface area contributed by atoms with Gasteiger partial charge in [0.15, 0.2) is 5.56 Å². The zero-order valence-corrected chi connectivity index (χ0v) is 9.87. The summed E-state index contributed by atoms with van der Waals surface area (Å²) in [7, 11) is 0. The summed E-state index contributed by atoms with van der Waals surface area (Å²) in [6.07, 6.45) is 0.795. The van der Waals surface area contributed by atoms with Crippen molar-refractivity contribution < 1.29 is 14.6 Å². The van der Waals surface area contributed by atoms with Crippen LogP contribution in [0, 0.1) is 0 Å². The first-order valence-electron chi connectivity index (χ1n) is 5.04. The molecule has 0 bridgehead atoms. The molecule has 2 aromatic heterocycles. The molecule has 0 aliphatic heterocycles. The highest BCUT2D eigenvalue weighted by atomic mass is 32.1. The predicted molar refractivity (Wildman–Crippen MR) is 60.1 cm³/mol. The quantitative estimate of drug-likeness (QED) is 0.831. The van der Waals surface area contributed by atoms with Gasteiger partial charge in [0.1, 0.15) is 4.83 Å². The van der Waals surface area contributed by atoms with Crippen molar-refractivity contribution in [1.82, 2.24) is 9.61 Å². The average molecular weight is 240 g/mol. The second-order valence-electron chi connectivity index (χ2n) is 3.22. The Bertz CT molecular complexity index is 529. The molecule has 0 spiro atoms. The fraction of sp³-hybridized carbons (Fsp3) is 0.400. The van der Waals surface area contributed by atoms with Gasteiger partial charge in [0, 0.05) is 5.38 Å². The highest BCUT2D eigenvalue weighted by Gasteiger charge is 2.22. The number of carbonyl (C=O) groups excluding carboxylic acids is 1. The lowest BCUT2D eigenvalue weighted by Crippen LogP contribution is -2.03. The van der Waals surface area contributed by atoms with Gasteiger partial charge in [0.05, 0.1) is 12.3 Å². The van der Waals surface area contributed by atoms with Crippen molar-refractivity contribution in [3.05, 3.63) is 16.6 Å². The van der Waals surface area contributed by atoms with Crippen molar-refractivity contribution >= 4 is 22.1 Å². The van der Waals surface area contributed by atoms with E-state index >= 15 is 0 Å². The van der Waals surface area contributed by atoms with Crippen LogP contribution in [0.15, 0.2) is 5.38 Å². The summed E-state index contributed by atoms with van der Waals surface area (Å²) in [4.78, 5) is 12.2. The predicted octanol–water partition coefficient (Wildman–Crippen LogP) is 1.84. The number of aryl methyl sites for hydroxylation is 1.